The van der Waals surface area contributed by atoms with Crippen LogP contribution in [0.25, 0.3) is 0 Å². The Morgan fingerprint density at radius 2 is 1.76 bits per heavy atom. The summed E-state index contributed by atoms with van der Waals surface area (Å²) >= 11 is 0. The number of benzene rings is 1. The van der Waals surface area contributed by atoms with Gasteiger partial charge in [0.15, 0.2) is 0 Å². The van der Waals surface area contributed by atoms with Crippen molar-refractivity contribution < 1.29 is 9.47 Å². The molecule has 1 N–H and O–H groups in total. The Labute approximate surface area is 124 Å². The normalized spacial score (nSPS) is 10.6. The van der Waals surface area contributed by atoms with Gasteiger partial charge in [-0.1, -0.05) is 12.1 Å². The van der Waals surface area contributed by atoms with Crippen molar-refractivity contribution in [1.29, 1.82) is 0 Å². The second-order valence-electron chi connectivity index (χ2n) is 5.01. The molecule has 1 aromatic heterocycles. The highest BCUT2D eigenvalue weighted by Gasteiger charge is 2.11. The Balaban J connectivity index is 2.32. The molecule has 21 heavy (non-hydrogen) atoms. The minimum Gasteiger partial charge on any atom is -0.461 e. The van der Waals surface area contributed by atoms with Crippen LogP contribution in [0.5, 0.6) is 17.8 Å². The van der Waals surface area contributed by atoms with Gasteiger partial charge in [-0.3, -0.25) is 0 Å². The summed E-state index contributed by atoms with van der Waals surface area (Å²) in [5, 5.41) is 2.87. The van der Waals surface area contributed by atoms with Gasteiger partial charge in [-0.05, 0) is 44.9 Å². The lowest BCUT2D eigenvalue weighted by Gasteiger charge is -2.11. The summed E-state index contributed by atoms with van der Waals surface area (Å²) in [6.07, 6.45) is -0.0225. The zero-order chi connectivity index (χ0) is 15.4. The molecule has 0 saturated carbocycles. The highest BCUT2D eigenvalue weighted by atomic mass is 16.5. The van der Waals surface area contributed by atoms with Gasteiger partial charge in [0.05, 0.1) is 6.10 Å². The van der Waals surface area contributed by atoms with E-state index in [9.17, 15) is 0 Å². The first-order valence-corrected chi connectivity index (χ1v) is 6.83. The molecule has 0 radical (unpaired) electrons. The number of aromatic nitrogens is 3. The summed E-state index contributed by atoms with van der Waals surface area (Å²) < 4.78 is 11.3. The molecule has 0 unspecified atom stereocenters. The molecule has 0 aliphatic rings. The van der Waals surface area contributed by atoms with Crippen molar-refractivity contribution in [2.24, 2.45) is 0 Å². The molecule has 0 fully saturated rings. The number of hydrogen-bond donors (Lipinski definition) is 1. The standard InChI is InChI=1S/C15H20N4O2/c1-9(2)20-14-17-13(16-5)18-15(19-14)21-12-8-10(3)6-7-11(12)4/h6-9H,1-5H3,(H,16,17,18,19). The number of nitrogens with zero attached hydrogens (tertiary/aromatic N) is 3. The maximum absolute atomic E-state index is 5.77. The second-order valence-corrected chi connectivity index (χ2v) is 5.01. The monoisotopic (exact) mass is 288 g/mol. The zero-order valence-electron chi connectivity index (χ0n) is 13.0. The van der Waals surface area contributed by atoms with E-state index in [-0.39, 0.29) is 18.1 Å². The number of hydrogen-bond acceptors (Lipinski definition) is 6. The van der Waals surface area contributed by atoms with Gasteiger partial charge in [-0.2, -0.15) is 9.97 Å². The van der Waals surface area contributed by atoms with Crippen LogP contribution in [0.15, 0.2) is 18.2 Å². The van der Waals surface area contributed by atoms with Crippen LogP contribution < -0.4 is 14.8 Å². The number of aryl methyl sites for hydroxylation is 2. The first kappa shape index (κ1) is 15.0. The molecule has 0 aliphatic heterocycles. The van der Waals surface area contributed by atoms with E-state index in [1.54, 1.807) is 7.05 Å². The van der Waals surface area contributed by atoms with Gasteiger partial charge < -0.3 is 14.8 Å². The van der Waals surface area contributed by atoms with E-state index in [4.69, 9.17) is 9.47 Å². The molecule has 0 spiro atoms. The van der Waals surface area contributed by atoms with Crippen LogP contribution in [-0.4, -0.2) is 28.1 Å². The zero-order valence-corrected chi connectivity index (χ0v) is 13.0. The van der Waals surface area contributed by atoms with Crippen LogP contribution in [0.2, 0.25) is 0 Å². The minimum atomic E-state index is -0.0225. The number of rotatable bonds is 5. The Morgan fingerprint density at radius 1 is 1.05 bits per heavy atom. The van der Waals surface area contributed by atoms with Crippen LogP contribution in [0, 0.1) is 13.8 Å². The lowest BCUT2D eigenvalue weighted by Crippen LogP contribution is -2.11. The fourth-order valence-corrected chi connectivity index (χ4v) is 1.67. The predicted molar refractivity (Wildman–Crippen MR) is 81.1 cm³/mol. The Hall–Kier alpha value is -2.37. The first-order valence-electron chi connectivity index (χ1n) is 6.83. The largest absolute Gasteiger partial charge is 0.461 e. The maximum atomic E-state index is 5.77. The van der Waals surface area contributed by atoms with E-state index in [0.29, 0.717) is 5.95 Å². The Morgan fingerprint density at radius 3 is 2.43 bits per heavy atom. The molecule has 112 valence electrons. The van der Waals surface area contributed by atoms with Crippen molar-refractivity contribution in [2.75, 3.05) is 12.4 Å². The molecule has 0 aliphatic carbocycles. The van der Waals surface area contributed by atoms with Gasteiger partial charge in [0, 0.05) is 7.05 Å². The van der Waals surface area contributed by atoms with E-state index in [1.165, 1.54) is 0 Å². The van der Waals surface area contributed by atoms with Crippen LogP contribution in [0.3, 0.4) is 0 Å². The van der Waals surface area contributed by atoms with Crippen molar-refractivity contribution in [2.45, 2.75) is 33.8 Å². The Bertz CT molecular complexity index is 629. The third-order valence-electron chi connectivity index (χ3n) is 2.70. The minimum absolute atomic E-state index is 0.0225. The SMILES string of the molecule is CNc1nc(Oc2cc(C)ccc2C)nc(OC(C)C)n1. The first-order chi connectivity index (χ1) is 9.97. The fourth-order valence-electron chi connectivity index (χ4n) is 1.67. The lowest BCUT2D eigenvalue weighted by atomic mass is 10.1. The predicted octanol–water partition coefficient (Wildman–Crippen LogP) is 3.11. The topological polar surface area (TPSA) is 69.2 Å². The summed E-state index contributed by atoms with van der Waals surface area (Å²) in [5.41, 5.74) is 2.12. The molecule has 0 saturated heterocycles. The average molecular weight is 288 g/mol. The molecule has 6 heteroatoms. The molecule has 1 heterocycles. The molecule has 0 amide bonds. The van der Waals surface area contributed by atoms with Crippen LogP contribution >= 0.6 is 0 Å². The van der Waals surface area contributed by atoms with Gasteiger partial charge in [-0.25, -0.2) is 0 Å². The average Bonchev–Trinajstić information content (AvgIpc) is 2.42. The van der Waals surface area contributed by atoms with Gasteiger partial charge >= 0.3 is 12.0 Å². The number of nitrogens with one attached hydrogen (secondary N) is 1. The van der Waals surface area contributed by atoms with Gasteiger partial charge in [-0.15, -0.1) is 4.98 Å². The maximum Gasteiger partial charge on any atom is 0.330 e. The van der Waals surface area contributed by atoms with Crippen molar-refractivity contribution in [3.8, 4) is 17.8 Å². The fraction of sp³-hybridized carbons (Fsp3) is 0.400. The van der Waals surface area contributed by atoms with Gasteiger partial charge in [0.25, 0.3) is 0 Å². The van der Waals surface area contributed by atoms with Crippen molar-refractivity contribution in [1.82, 2.24) is 15.0 Å². The molecule has 6 nitrogen and oxygen atoms in total. The van der Waals surface area contributed by atoms with Crippen LogP contribution in [0.1, 0.15) is 25.0 Å². The number of anilines is 1. The van der Waals surface area contributed by atoms with Gasteiger partial charge in [0.2, 0.25) is 5.95 Å². The van der Waals surface area contributed by atoms with Crippen LogP contribution in [0.4, 0.5) is 5.95 Å². The molecule has 0 bridgehead atoms. The highest BCUT2D eigenvalue weighted by molar-refractivity contribution is 5.38. The third kappa shape index (κ3) is 4.05. The van der Waals surface area contributed by atoms with Gasteiger partial charge in [0.1, 0.15) is 5.75 Å². The van der Waals surface area contributed by atoms with E-state index in [1.807, 2.05) is 45.9 Å². The van der Waals surface area contributed by atoms with E-state index in [0.717, 1.165) is 16.9 Å². The quantitative estimate of drug-likeness (QED) is 0.911. The molecule has 1 aromatic carbocycles. The van der Waals surface area contributed by atoms with E-state index in [2.05, 4.69) is 20.3 Å². The summed E-state index contributed by atoms with van der Waals surface area (Å²) in [5.74, 6) is 1.12. The molecular formula is C15H20N4O2. The molecule has 0 atom stereocenters. The highest BCUT2D eigenvalue weighted by Crippen LogP contribution is 2.25. The van der Waals surface area contributed by atoms with E-state index >= 15 is 0 Å². The third-order valence-corrected chi connectivity index (χ3v) is 2.70. The summed E-state index contributed by atoms with van der Waals surface area (Å²) in [4.78, 5) is 12.5. The van der Waals surface area contributed by atoms with E-state index < -0.39 is 0 Å². The summed E-state index contributed by atoms with van der Waals surface area (Å²) in [6.45, 7) is 7.80. The van der Waals surface area contributed by atoms with Crippen molar-refractivity contribution >= 4 is 5.95 Å². The lowest BCUT2D eigenvalue weighted by molar-refractivity contribution is 0.218. The van der Waals surface area contributed by atoms with Crippen molar-refractivity contribution in [3.63, 3.8) is 0 Å². The van der Waals surface area contributed by atoms with Crippen molar-refractivity contribution in [3.05, 3.63) is 29.3 Å². The molecule has 2 aromatic rings. The summed E-state index contributed by atoms with van der Waals surface area (Å²) in [6, 6.07) is 6.42. The molecular weight excluding hydrogens is 268 g/mol. The molecule has 2 rings (SSSR count). The van der Waals surface area contributed by atoms with Crippen LogP contribution in [-0.2, 0) is 0 Å². The number of ether oxygens (including phenoxy) is 2. The smallest absolute Gasteiger partial charge is 0.330 e. The Kier molecular flexibility index (Phi) is 4.57. The summed E-state index contributed by atoms with van der Waals surface area (Å²) in [7, 11) is 1.73. The second kappa shape index (κ2) is 6.39.